The van der Waals surface area contributed by atoms with Crippen LogP contribution in [0, 0.1) is 0 Å². The number of rotatable bonds is 6. The average Bonchev–Trinajstić information content (AvgIpc) is 2.22. The van der Waals surface area contributed by atoms with E-state index < -0.39 is 31.3 Å². The summed E-state index contributed by atoms with van der Waals surface area (Å²) in [6.45, 7) is 1.17. The molecule has 2 amide bonds. The number of carboxylic acid groups (broad SMARTS) is 1. The van der Waals surface area contributed by atoms with Crippen molar-refractivity contribution in [3.8, 4) is 0 Å². The first-order valence-electron chi connectivity index (χ1n) is 5.33. The molecule has 0 fully saturated rings. The monoisotopic (exact) mass is 302 g/mol. The van der Waals surface area contributed by atoms with Gasteiger partial charge in [-0.1, -0.05) is 0 Å². The van der Waals surface area contributed by atoms with Crippen LogP contribution in [0.1, 0.15) is 13.8 Å². The Kier molecular flexibility index (Phi) is 6.47. The summed E-state index contributed by atoms with van der Waals surface area (Å²) in [5, 5.41) is 10.8. The number of alkyl halides is 3. The highest BCUT2D eigenvalue weighted by Crippen LogP contribution is 2.20. The maximum Gasteiger partial charge on any atom is 0.406 e. The zero-order chi connectivity index (χ0) is 15.3. The third-order valence-electron chi connectivity index (χ3n) is 2.20. The molecule has 0 atom stereocenters. The van der Waals surface area contributed by atoms with Crippen molar-refractivity contribution in [2.24, 2.45) is 0 Å². The molecule has 112 valence electrons. The van der Waals surface area contributed by atoms with Crippen molar-refractivity contribution in [3.05, 3.63) is 0 Å². The van der Waals surface area contributed by atoms with Crippen molar-refractivity contribution in [1.82, 2.24) is 10.2 Å². The third kappa shape index (κ3) is 8.57. The fraction of sp³-hybridized carbons (Fsp3) is 0.800. The largest absolute Gasteiger partial charge is 0.480 e. The molecule has 0 saturated carbocycles. The van der Waals surface area contributed by atoms with E-state index >= 15 is 0 Å². The molecule has 0 rings (SSSR count). The van der Waals surface area contributed by atoms with Crippen molar-refractivity contribution in [1.29, 1.82) is 0 Å². The van der Waals surface area contributed by atoms with Crippen LogP contribution in [0.15, 0.2) is 0 Å². The standard InChI is InChI=1S/C10H17F3N2O3S/c1-9(2,19-3)5-14-8(18)15(4-7(16)17)6-10(11,12)13/h4-6H2,1-3H3,(H,14,18)(H,16,17). The number of hydrogen-bond donors (Lipinski definition) is 2. The highest BCUT2D eigenvalue weighted by molar-refractivity contribution is 7.99. The average molecular weight is 302 g/mol. The van der Waals surface area contributed by atoms with Gasteiger partial charge in [0.15, 0.2) is 0 Å². The van der Waals surface area contributed by atoms with Crippen molar-refractivity contribution < 1.29 is 27.9 Å². The van der Waals surface area contributed by atoms with E-state index in [9.17, 15) is 22.8 Å². The lowest BCUT2D eigenvalue weighted by atomic mass is 10.2. The van der Waals surface area contributed by atoms with Gasteiger partial charge in [-0.25, -0.2) is 4.79 Å². The Morgan fingerprint density at radius 3 is 2.21 bits per heavy atom. The Labute approximate surface area is 113 Å². The van der Waals surface area contributed by atoms with Gasteiger partial charge in [0, 0.05) is 11.3 Å². The van der Waals surface area contributed by atoms with E-state index in [0.29, 0.717) is 0 Å². The number of carbonyl (C=O) groups excluding carboxylic acids is 1. The molecule has 0 aliphatic carbocycles. The van der Waals surface area contributed by atoms with Crippen LogP contribution < -0.4 is 5.32 Å². The lowest BCUT2D eigenvalue weighted by Crippen LogP contribution is -2.49. The second-order valence-electron chi connectivity index (χ2n) is 4.49. The second kappa shape index (κ2) is 6.88. The van der Waals surface area contributed by atoms with Crippen LogP contribution in [0.2, 0.25) is 0 Å². The van der Waals surface area contributed by atoms with Crippen LogP contribution in [0.4, 0.5) is 18.0 Å². The van der Waals surface area contributed by atoms with Crippen LogP contribution in [-0.4, -0.2) is 58.8 Å². The molecular formula is C10H17F3N2O3S. The number of aliphatic carboxylic acids is 1. The summed E-state index contributed by atoms with van der Waals surface area (Å²) in [5.41, 5.74) is 0. The van der Waals surface area contributed by atoms with Crippen LogP contribution in [0.25, 0.3) is 0 Å². The number of hydrogen-bond acceptors (Lipinski definition) is 3. The van der Waals surface area contributed by atoms with Gasteiger partial charge in [0.05, 0.1) is 0 Å². The minimum Gasteiger partial charge on any atom is -0.480 e. The van der Waals surface area contributed by atoms with Crippen molar-refractivity contribution in [3.63, 3.8) is 0 Å². The van der Waals surface area contributed by atoms with E-state index in [4.69, 9.17) is 5.11 Å². The highest BCUT2D eigenvalue weighted by atomic mass is 32.2. The molecule has 0 radical (unpaired) electrons. The number of carboxylic acids is 1. The van der Waals surface area contributed by atoms with Crippen molar-refractivity contribution in [2.45, 2.75) is 24.8 Å². The molecular weight excluding hydrogens is 285 g/mol. The van der Waals surface area contributed by atoms with Crippen LogP contribution in [0.5, 0.6) is 0 Å². The Morgan fingerprint density at radius 1 is 1.32 bits per heavy atom. The second-order valence-corrected chi connectivity index (χ2v) is 6.00. The molecule has 0 aromatic heterocycles. The zero-order valence-corrected chi connectivity index (χ0v) is 11.7. The summed E-state index contributed by atoms with van der Waals surface area (Å²) in [6.07, 6.45) is -2.83. The first-order valence-corrected chi connectivity index (χ1v) is 6.56. The topological polar surface area (TPSA) is 69.6 Å². The number of halogens is 3. The third-order valence-corrected chi connectivity index (χ3v) is 3.45. The number of carbonyl (C=O) groups is 2. The quantitative estimate of drug-likeness (QED) is 0.785. The molecule has 0 aromatic carbocycles. The lowest BCUT2D eigenvalue weighted by molar-refractivity contribution is -0.148. The van der Waals surface area contributed by atoms with E-state index in [0.717, 1.165) is 0 Å². The molecule has 9 heteroatoms. The van der Waals surface area contributed by atoms with Crippen molar-refractivity contribution >= 4 is 23.8 Å². The molecule has 19 heavy (non-hydrogen) atoms. The van der Waals surface area contributed by atoms with Gasteiger partial charge in [-0.15, -0.1) is 0 Å². The molecule has 0 bridgehead atoms. The summed E-state index contributed by atoms with van der Waals surface area (Å²) in [7, 11) is 0. The fourth-order valence-corrected chi connectivity index (χ4v) is 1.27. The first kappa shape index (κ1) is 17.9. The summed E-state index contributed by atoms with van der Waals surface area (Å²) in [5.74, 6) is -1.50. The molecule has 5 nitrogen and oxygen atoms in total. The van der Waals surface area contributed by atoms with Gasteiger partial charge in [-0.2, -0.15) is 24.9 Å². The maximum atomic E-state index is 12.2. The fourth-order valence-electron chi connectivity index (χ4n) is 1.05. The number of nitrogens with one attached hydrogen (secondary N) is 1. The Hall–Kier alpha value is -1.12. The molecule has 0 aliphatic heterocycles. The van der Waals surface area contributed by atoms with Gasteiger partial charge in [-0.3, -0.25) is 4.79 Å². The lowest BCUT2D eigenvalue weighted by Gasteiger charge is -2.26. The molecule has 0 heterocycles. The normalized spacial score (nSPS) is 12.1. The Morgan fingerprint density at radius 2 is 1.84 bits per heavy atom. The predicted octanol–water partition coefficient (Wildman–Crippen LogP) is 1.79. The number of urea groups is 1. The summed E-state index contributed by atoms with van der Waals surface area (Å²) in [6, 6.07) is -1.04. The molecule has 0 aliphatic rings. The minimum atomic E-state index is -4.64. The van der Waals surface area contributed by atoms with Crippen LogP contribution in [0.3, 0.4) is 0 Å². The summed E-state index contributed by atoms with van der Waals surface area (Å²) < 4.78 is 36.4. The molecule has 0 saturated heterocycles. The van der Waals surface area contributed by atoms with Crippen LogP contribution in [-0.2, 0) is 4.79 Å². The summed E-state index contributed by atoms with van der Waals surface area (Å²) >= 11 is 1.44. The van der Waals surface area contributed by atoms with E-state index in [1.54, 1.807) is 6.26 Å². The SMILES string of the molecule is CSC(C)(C)CNC(=O)N(CC(=O)O)CC(F)(F)F. The number of nitrogens with zero attached hydrogens (tertiary/aromatic N) is 1. The van der Waals surface area contributed by atoms with Gasteiger partial charge < -0.3 is 15.3 Å². The highest BCUT2D eigenvalue weighted by Gasteiger charge is 2.34. The van der Waals surface area contributed by atoms with E-state index in [1.807, 2.05) is 13.8 Å². The Balaban J connectivity index is 4.59. The first-order chi connectivity index (χ1) is 8.47. The van der Waals surface area contributed by atoms with E-state index in [1.165, 1.54) is 11.8 Å². The smallest absolute Gasteiger partial charge is 0.406 e. The van der Waals surface area contributed by atoms with Gasteiger partial charge in [0.25, 0.3) is 0 Å². The van der Waals surface area contributed by atoms with Gasteiger partial charge in [0.2, 0.25) is 0 Å². The zero-order valence-electron chi connectivity index (χ0n) is 10.9. The van der Waals surface area contributed by atoms with Gasteiger partial charge >= 0.3 is 18.2 Å². The van der Waals surface area contributed by atoms with E-state index in [2.05, 4.69) is 5.32 Å². The van der Waals surface area contributed by atoms with Gasteiger partial charge in [-0.05, 0) is 20.1 Å². The molecule has 0 spiro atoms. The van der Waals surface area contributed by atoms with Crippen LogP contribution >= 0.6 is 11.8 Å². The van der Waals surface area contributed by atoms with Crippen molar-refractivity contribution in [2.75, 3.05) is 25.9 Å². The Bertz CT molecular complexity index is 334. The molecule has 0 unspecified atom stereocenters. The molecule has 0 aromatic rings. The minimum absolute atomic E-state index is 0.140. The van der Waals surface area contributed by atoms with E-state index in [-0.39, 0.29) is 16.2 Å². The summed E-state index contributed by atoms with van der Waals surface area (Å²) in [4.78, 5) is 22.2. The number of amides is 2. The van der Waals surface area contributed by atoms with Gasteiger partial charge in [0.1, 0.15) is 13.1 Å². The number of thioether (sulfide) groups is 1. The predicted molar refractivity (Wildman–Crippen MR) is 66.3 cm³/mol. The maximum absolute atomic E-state index is 12.2. The molecule has 2 N–H and O–H groups in total.